The molecule has 0 bridgehead atoms. The molecule has 0 spiro atoms. The van der Waals surface area contributed by atoms with Gasteiger partial charge in [-0.25, -0.2) is 4.79 Å². The van der Waals surface area contributed by atoms with E-state index in [4.69, 9.17) is 10.5 Å². The van der Waals surface area contributed by atoms with Crippen LogP contribution in [0.5, 0.6) is 0 Å². The second-order valence-electron chi connectivity index (χ2n) is 3.07. The molecule has 4 nitrogen and oxygen atoms in total. The number of Topliss-reactive ketones (excluding diaryl/α,β-unsaturated/α-hetero) is 1. The van der Waals surface area contributed by atoms with Gasteiger partial charge in [0.25, 0.3) is 0 Å². The van der Waals surface area contributed by atoms with Crippen molar-refractivity contribution >= 4 is 28.1 Å². The van der Waals surface area contributed by atoms with Crippen LogP contribution in [0.2, 0.25) is 0 Å². The smallest absolute Gasteiger partial charge is 0.348 e. The predicted molar refractivity (Wildman–Crippen MR) is 59.4 cm³/mol. The third kappa shape index (κ3) is 2.18. The van der Waals surface area contributed by atoms with Gasteiger partial charge in [-0.1, -0.05) is 0 Å². The van der Waals surface area contributed by atoms with Crippen molar-refractivity contribution in [1.82, 2.24) is 0 Å². The molecular formula is C10H13NO3S. The number of anilines is 1. The molecule has 0 unspecified atom stereocenters. The van der Waals surface area contributed by atoms with Crippen LogP contribution < -0.4 is 5.73 Å². The molecule has 82 valence electrons. The van der Waals surface area contributed by atoms with Crippen molar-refractivity contribution in [3.8, 4) is 0 Å². The van der Waals surface area contributed by atoms with Crippen molar-refractivity contribution in [2.24, 2.45) is 0 Å². The molecule has 0 aromatic carbocycles. The van der Waals surface area contributed by atoms with E-state index in [1.165, 1.54) is 6.92 Å². The Morgan fingerprint density at radius 2 is 2.07 bits per heavy atom. The van der Waals surface area contributed by atoms with Gasteiger partial charge in [0.05, 0.1) is 17.2 Å². The highest BCUT2D eigenvalue weighted by atomic mass is 32.1. The van der Waals surface area contributed by atoms with Gasteiger partial charge >= 0.3 is 5.97 Å². The number of nitrogens with two attached hydrogens (primary N) is 1. The molecule has 2 N–H and O–H groups in total. The summed E-state index contributed by atoms with van der Waals surface area (Å²) in [7, 11) is 0. The van der Waals surface area contributed by atoms with Gasteiger partial charge in [0.1, 0.15) is 4.88 Å². The minimum absolute atomic E-state index is 0.128. The second kappa shape index (κ2) is 4.44. The van der Waals surface area contributed by atoms with Crippen LogP contribution in [0, 0.1) is 6.92 Å². The first-order valence-corrected chi connectivity index (χ1v) is 5.37. The van der Waals surface area contributed by atoms with E-state index in [0.29, 0.717) is 27.6 Å². The lowest BCUT2D eigenvalue weighted by atomic mass is 10.1. The normalized spacial score (nSPS) is 10.1. The van der Waals surface area contributed by atoms with Crippen LogP contribution in [0.15, 0.2) is 0 Å². The largest absolute Gasteiger partial charge is 0.462 e. The Hall–Kier alpha value is -1.36. The molecule has 1 heterocycles. The Kier molecular flexibility index (Phi) is 3.47. The van der Waals surface area contributed by atoms with Crippen LogP contribution >= 0.6 is 11.3 Å². The zero-order valence-electron chi connectivity index (χ0n) is 8.92. The molecule has 1 aromatic rings. The minimum atomic E-state index is -0.417. The number of ether oxygens (including phenoxy) is 1. The van der Waals surface area contributed by atoms with Gasteiger partial charge in [0.15, 0.2) is 5.78 Å². The summed E-state index contributed by atoms with van der Waals surface area (Å²) >= 11 is 1.10. The lowest BCUT2D eigenvalue weighted by Crippen LogP contribution is -2.05. The van der Waals surface area contributed by atoms with Gasteiger partial charge in [-0.05, 0) is 26.3 Å². The van der Waals surface area contributed by atoms with E-state index in [9.17, 15) is 9.59 Å². The number of hydrogen-bond donors (Lipinski definition) is 1. The lowest BCUT2D eigenvalue weighted by Gasteiger charge is -1.99. The first kappa shape index (κ1) is 11.7. The topological polar surface area (TPSA) is 69.4 Å². The summed E-state index contributed by atoms with van der Waals surface area (Å²) < 4.78 is 4.86. The number of ketones is 1. The maximum atomic E-state index is 11.5. The molecule has 5 heteroatoms. The molecule has 1 aromatic heterocycles. The molecule has 1 rings (SSSR count). The van der Waals surface area contributed by atoms with Crippen LogP contribution in [-0.2, 0) is 4.74 Å². The molecule has 15 heavy (non-hydrogen) atoms. The number of thiophene rings is 1. The van der Waals surface area contributed by atoms with Crippen molar-refractivity contribution in [1.29, 1.82) is 0 Å². The monoisotopic (exact) mass is 227 g/mol. The highest BCUT2D eigenvalue weighted by molar-refractivity contribution is 7.18. The fourth-order valence-electron chi connectivity index (χ4n) is 1.36. The minimum Gasteiger partial charge on any atom is -0.462 e. The quantitative estimate of drug-likeness (QED) is 0.633. The van der Waals surface area contributed by atoms with E-state index in [-0.39, 0.29) is 5.78 Å². The molecular weight excluding hydrogens is 214 g/mol. The maximum Gasteiger partial charge on any atom is 0.348 e. The van der Waals surface area contributed by atoms with Gasteiger partial charge < -0.3 is 10.5 Å². The first-order valence-electron chi connectivity index (χ1n) is 4.56. The summed E-state index contributed by atoms with van der Waals surface area (Å²) in [6.45, 7) is 5.18. The molecule has 0 aliphatic carbocycles. The number of esters is 1. The van der Waals surface area contributed by atoms with E-state index in [0.717, 1.165) is 11.3 Å². The average molecular weight is 227 g/mol. The highest BCUT2D eigenvalue weighted by Crippen LogP contribution is 2.31. The Labute approximate surface area is 92.0 Å². The van der Waals surface area contributed by atoms with Crippen LogP contribution in [0.25, 0.3) is 0 Å². The van der Waals surface area contributed by atoms with Gasteiger partial charge in [0, 0.05) is 0 Å². The lowest BCUT2D eigenvalue weighted by molar-refractivity contribution is 0.0531. The molecule has 0 aliphatic heterocycles. The number of carbonyl (C=O) groups excluding carboxylic acids is 2. The number of carbonyl (C=O) groups is 2. The highest BCUT2D eigenvalue weighted by Gasteiger charge is 2.21. The molecule has 0 saturated heterocycles. The van der Waals surface area contributed by atoms with E-state index in [1.54, 1.807) is 13.8 Å². The van der Waals surface area contributed by atoms with Crippen LogP contribution in [0.3, 0.4) is 0 Å². The van der Waals surface area contributed by atoms with Crippen molar-refractivity contribution < 1.29 is 14.3 Å². The first-order chi connectivity index (χ1) is 6.99. The Morgan fingerprint density at radius 3 is 2.47 bits per heavy atom. The fraction of sp³-hybridized carbons (Fsp3) is 0.400. The molecule has 0 aliphatic rings. The third-order valence-corrected chi connectivity index (χ3v) is 3.09. The van der Waals surface area contributed by atoms with Gasteiger partial charge in [-0.15, -0.1) is 11.3 Å². The number of rotatable bonds is 3. The van der Waals surface area contributed by atoms with Crippen LogP contribution in [0.4, 0.5) is 5.00 Å². The zero-order chi connectivity index (χ0) is 11.6. The van der Waals surface area contributed by atoms with Gasteiger partial charge in [-0.2, -0.15) is 0 Å². The third-order valence-electron chi connectivity index (χ3n) is 1.99. The zero-order valence-corrected chi connectivity index (χ0v) is 9.73. The van der Waals surface area contributed by atoms with Crippen molar-refractivity contribution in [2.45, 2.75) is 20.8 Å². The predicted octanol–water partition coefficient (Wildman–Crippen LogP) is 2.02. The molecule has 0 atom stereocenters. The van der Waals surface area contributed by atoms with Crippen LogP contribution in [-0.4, -0.2) is 18.4 Å². The summed E-state index contributed by atoms with van der Waals surface area (Å²) in [5.41, 5.74) is 6.71. The van der Waals surface area contributed by atoms with Crippen LogP contribution in [0.1, 0.15) is 39.4 Å². The van der Waals surface area contributed by atoms with E-state index in [2.05, 4.69) is 0 Å². The van der Waals surface area contributed by atoms with Crippen molar-refractivity contribution in [2.75, 3.05) is 12.3 Å². The SMILES string of the molecule is CCOC(=O)c1sc(N)c(C(C)=O)c1C. The number of nitrogen functional groups attached to an aromatic ring is 1. The number of hydrogen-bond acceptors (Lipinski definition) is 5. The Bertz CT molecular complexity index is 409. The average Bonchev–Trinajstić information content (AvgIpc) is 2.42. The van der Waals surface area contributed by atoms with Gasteiger partial charge in [0.2, 0.25) is 0 Å². The molecule has 0 radical (unpaired) electrons. The maximum absolute atomic E-state index is 11.5. The summed E-state index contributed by atoms with van der Waals surface area (Å²) in [6, 6.07) is 0. The summed E-state index contributed by atoms with van der Waals surface area (Å²) in [4.78, 5) is 23.1. The van der Waals surface area contributed by atoms with E-state index in [1.807, 2.05) is 0 Å². The molecule has 0 saturated carbocycles. The Balaban J connectivity index is 3.17. The fourth-order valence-corrected chi connectivity index (χ4v) is 2.38. The molecule has 0 amide bonds. The standard InChI is InChI=1S/C10H13NO3S/c1-4-14-10(13)8-5(2)7(6(3)12)9(11)15-8/h4,11H2,1-3H3. The summed E-state index contributed by atoms with van der Waals surface area (Å²) in [5, 5.41) is 0.378. The van der Waals surface area contributed by atoms with Gasteiger partial charge in [-0.3, -0.25) is 4.79 Å². The van der Waals surface area contributed by atoms with Crippen molar-refractivity contribution in [3.05, 3.63) is 16.0 Å². The second-order valence-corrected chi connectivity index (χ2v) is 4.12. The van der Waals surface area contributed by atoms with Crippen molar-refractivity contribution in [3.63, 3.8) is 0 Å². The molecule has 0 fully saturated rings. The summed E-state index contributed by atoms with van der Waals surface area (Å²) in [6.07, 6.45) is 0. The van der Waals surface area contributed by atoms with E-state index >= 15 is 0 Å². The Morgan fingerprint density at radius 1 is 1.47 bits per heavy atom. The summed E-state index contributed by atoms with van der Waals surface area (Å²) in [5.74, 6) is -0.545. The van der Waals surface area contributed by atoms with E-state index < -0.39 is 5.97 Å².